The number of methoxy groups -OCH3 is 1. The SMILES string of the molecule is COc1nc(N2CCN(c3cccc(C)c3C)CC2)ncc1C(=O)NCc1ccc(F)cc1. The number of hydrogen-bond donors (Lipinski definition) is 1. The Hall–Kier alpha value is -3.68. The molecule has 0 saturated carbocycles. The third-order valence-corrected chi connectivity index (χ3v) is 6.02. The molecule has 1 saturated heterocycles. The van der Waals surface area contributed by atoms with Crippen LogP contribution in [0.5, 0.6) is 5.88 Å². The third-order valence-electron chi connectivity index (χ3n) is 6.02. The summed E-state index contributed by atoms with van der Waals surface area (Å²) < 4.78 is 18.4. The Bertz CT molecular complexity index is 1130. The van der Waals surface area contributed by atoms with Crippen LogP contribution in [0.2, 0.25) is 0 Å². The molecule has 0 radical (unpaired) electrons. The molecule has 1 aliphatic heterocycles. The van der Waals surface area contributed by atoms with E-state index in [1.54, 1.807) is 12.1 Å². The maximum Gasteiger partial charge on any atom is 0.258 e. The summed E-state index contributed by atoms with van der Waals surface area (Å²) in [5.74, 6) is 0.115. The quantitative estimate of drug-likeness (QED) is 0.621. The van der Waals surface area contributed by atoms with Crippen LogP contribution < -0.4 is 19.9 Å². The highest BCUT2D eigenvalue weighted by Crippen LogP contribution is 2.25. The van der Waals surface area contributed by atoms with Crippen molar-refractivity contribution in [1.82, 2.24) is 15.3 Å². The van der Waals surface area contributed by atoms with Crippen LogP contribution in [0.1, 0.15) is 27.0 Å². The third kappa shape index (κ3) is 5.05. The zero-order valence-electron chi connectivity index (χ0n) is 19.1. The number of piperazine rings is 1. The second-order valence-corrected chi connectivity index (χ2v) is 8.10. The summed E-state index contributed by atoms with van der Waals surface area (Å²) in [5, 5.41) is 2.80. The maximum absolute atomic E-state index is 13.1. The van der Waals surface area contributed by atoms with Gasteiger partial charge in [-0.25, -0.2) is 9.37 Å². The minimum Gasteiger partial charge on any atom is -0.480 e. The van der Waals surface area contributed by atoms with Gasteiger partial charge in [0.2, 0.25) is 11.8 Å². The molecule has 0 bridgehead atoms. The van der Waals surface area contributed by atoms with E-state index in [-0.39, 0.29) is 29.7 Å². The van der Waals surface area contributed by atoms with Crippen LogP contribution in [0.15, 0.2) is 48.7 Å². The number of aromatic nitrogens is 2. The number of nitrogens with one attached hydrogen (secondary N) is 1. The van der Waals surface area contributed by atoms with Crippen molar-refractivity contribution in [2.45, 2.75) is 20.4 Å². The van der Waals surface area contributed by atoms with Gasteiger partial charge in [0, 0.05) is 44.6 Å². The molecular weight excluding hydrogens is 421 g/mol. The molecule has 2 aromatic carbocycles. The fourth-order valence-corrected chi connectivity index (χ4v) is 3.93. The first-order valence-electron chi connectivity index (χ1n) is 11.0. The monoisotopic (exact) mass is 449 g/mol. The number of anilines is 2. The Balaban J connectivity index is 1.41. The molecular formula is C25H28FN5O2. The average Bonchev–Trinajstić information content (AvgIpc) is 2.85. The first-order valence-corrected chi connectivity index (χ1v) is 11.0. The molecule has 0 spiro atoms. The summed E-state index contributed by atoms with van der Waals surface area (Å²) in [4.78, 5) is 26.1. The van der Waals surface area contributed by atoms with E-state index in [1.807, 2.05) is 0 Å². The van der Waals surface area contributed by atoms with Crippen molar-refractivity contribution in [3.05, 3.63) is 76.7 Å². The zero-order chi connectivity index (χ0) is 23.4. The lowest BCUT2D eigenvalue weighted by Gasteiger charge is -2.37. The topological polar surface area (TPSA) is 70.6 Å². The molecule has 33 heavy (non-hydrogen) atoms. The minimum absolute atomic E-state index is 0.230. The van der Waals surface area contributed by atoms with Crippen LogP contribution in [0.25, 0.3) is 0 Å². The van der Waals surface area contributed by atoms with Gasteiger partial charge in [0.25, 0.3) is 5.91 Å². The number of hydrogen-bond acceptors (Lipinski definition) is 6. The first kappa shape index (κ1) is 22.5. The molecule has 4 rings (SSSR count). The summed E-state index contributed by atoms with van der Waals surface area (Å²) in [6.45, 7) is 7.81. The second-order valence-electron chi connectivity index (χ2n) is 8.10. The van der Waals surface area contributed by atoms with Gasteiger partial charge in [0.1, 0.15) is 11.4 Å². The number of nitrogens with zero attached hydrogens (tertiary/aromatic N) is 4. The van der Waals surface area contributed by atoms with Crippen molar-refractivity contribution in [3.63, 3.8) is 0 Å². The molecule has 8 heteroatoms. The van der Waals surface area contributed by atoms with Crippen molar-refractivity contribution in [3.8, 4) is 5.88 Å². The zero-order valence-corrected chi connectivity index (χ0v) is 19.1. The Morgan fingerprint density at radius 1 is 1.06 bits per heavy atom. The van der Waals surface area contributed by atoms with Crippen molar-refractivity contribution >= 4 is 17.5 Å². The molecule has 1 N–H and O–H groups in total. The summed E-state index contributed by atoms with van der Waals surface area (Å²) in [7, 11) is 1.49. The van der Waals surface area contributed by atoms with Gasteiger partial charge in [-0.2, -0.15) is 4.98 Å². The van der Waals surface area contributed by atoms with Crippen LogP contribution in [0.3, 0.4) is 0 Å². The highest BCUT2D eigenvalue weighted by Gasteiger charge is 2.23. The number of amides is 1. The molecule has 0 aliphatic carbocycles. The number of aryl methyl sites for hydroxylation is 1. The van der Waals surface area contributed by atoms with Crippen LogP contribution >= 0.6 is 0 Å². The number of rotatable bonds is 6. The predicted molar refractivity (Wildman–Crippen MR) is 126 cm³/mol. The van der Waals surface area contributed by atoms with E-state index in [0.29, 0.717) is 5.95 Å². The summed E-state index contributed by atoms with van der Waals surface area (Å²) in [6.07, 6.45) is 1.50. The Morgan fingerprint density at radius 3 is 2.45 bits per heavy atom. The van der Waals surface area contributed by atoms with E-state index >= 15 is 0 Å². The predicted octanol–water partition coefficient (Wildman–Crippen LogP) is 3.50. The second kappa shape index (κ2) is 9.85. The van der Waals surface area contributed by atoms with Gasteiger partial charge in [0.05, 0.1) is 7.11 Å². The van der Waals surface area contributed by atoms with Crippen LogP contribution in [-0.4, -0.2) is 49.2 Å². The van der Waals surface area contributed by atoms with Gasteiger partial charge in [-0.15, -0.1) is 0 Å². The number of carbonyl (C=O) groups is 1. The van der Waals surface area contributed by atoms with Gasteiger partial charge in [0.15, 0.2) is 0 Å². The van der Waals surface area contributed by atoms with E-state index in [9.17, 15) is 9.18 Å². The van der Waals surface area contributed by atoms with Crippen LogP contribution in [0.4, 0.5) is 16.0 Å². The molecule has 7 nitrogen and oxygen atoms in total. The molecule has 0 atom stereocenters. The van der Waals surface area contributed by atoms with E-state index < -0.39 is 0 Å². The van der Waals surface area contributed by atoms with Crippen molar-refractivity contribution in [2.24, 2.45) is 0 Å². The van der Waals surface area contributed by atoms with Gasteiger partial charge in [-0.1, -0.05) is 24.3 Å². The molecule has 172 valence electrons. The summed E-state index contributed by atoms with van der Waals surface area (Å²) in [5.41, 5.74) is 4.91. The Labute approximate surface area is 193 Å². The van der Waals surface area contributed by atoms with Gasteiger partial charge in [-0.3, -0.25) is 4.79 Å². The van der Waals surface area contributed by atoms with Crippen molar-refractivity contribution < 1.29 is 13.9 Å². The number of ether oxygens (including phenoxy) is 1. The lowest BCUT2D eigenvalue weighted by atomic mass is 10.1. The molecule has 1 aliphatic rings. The number of benzene rings is 2. The molecule has 2 heterocycles. The fraction of sp³-hybridized carbons (Fsp3) is 0.320. The molecule has 0 unspecified atom stereocenters. The molecule has 1 aromatic heterocycles. The minimum atomic E-state index is -0.345. The largest absolute Gasteiger partial charge is 0.480 e. The summed E-state index contributed by atoms with van der Waals surface area (Å²) >= 11 is 0. The molecule has 3 aromatic rings. The Morgan fingerprint density at radius 2 is 1.76 bits per heavy atom. The lowest BCUT2D eigenvalue weighted by Crippen LogP contribution is -2.47. The molecule has 1 fully saturated rings. The van der Waals surface area contributed by atoms with Crippen molar-refractivity contribution in [1.29, 1.82) is 0 Å². The van der Waals surface area contributed by atoms with Gasteiger partial charge >= 0.3 is 0 Å². The smallest absolute Gasteiger partial charge is 0.258 e. The van der Waals surface area contributed by atoms with E-state index in [2.05, 4.69) is 57.1 Å². The average molecular weight is 450 g/mol. The Kier molecular flexibility index (Phi) is 6.72. The number of carbonyl (C=O) groups excluding carboxylic acids is 1. The van der Waals surface area contributed by atoms with E-state index in [1.165, 1.54) is 42.3 Å². The van der Waals surface area contributed by atoms with E-state index in [4.69, 9.17) is 4.74 Å². The van der Waals surface area contributed by atoms with Crippen LogP contribution in [-0.2, 0) is 6.54 Å². The van der Waals surface area contributed by atoms with E-state index in [0.717, 1.165) is 31.7 Å². The highest BCUT2D eigenvalue weighted by atomic mass is 19.1. The number of halogens is 1. The fourth-order valence-electron chi connectivity index (χ4n) is 3.93. The maximum atomic E-state index is 13.1. The normalized spacial score (nSPS) is 13.7. The van der Waals surface area contributed by atoms with Crippen molar-refractivity contribution in [2.75, 3.05) is 43.1 Å². The van der Waals surface area contributed by atoms with Gasteiger partial charge < -0.3 is 19.9 Å². The summed E-state index contributed by atoms with van der Waals surface area (Å²) in [6, 6.07) is 12.4. The highest BCUT2D eigenvalue weighted by molar-refractivity contribution is 5.96. The first-order chi connectivity index (χ1) is 16.0. The van der Waals surface area contributed by atoms with Gasteiger partial charge in [-0.05, 0) is 48.7 Å². The standard InChI is InChI=1S/C25H28FN5O2/c1-17-5-4-6-22(18(17)2)30-11-13-31(14-12-30)25-28-16-21(24(29-25)33-3)23(32)27-15-19-7-9-20(26)10-8-19/h4-10,16H,11-15H2,1-3H3,(H,27,32). The van der Waals surface area contributed by atoms with Crippen LogP contribution in [0, 0.1) is 19.7 Å². The molecule has 1 amide bonds. The lowest BCUT2D eigenvalue weighted by molar-refractivity contribution is 0.0946.